The quantitative estimate of drug-likeness (QED) is 0.455. The minimum Gasteiger partial charge on any atom is -0.452 e. The molecule has 176 valence electrons. The lowest BCUT2D eigenvalue weighted by Gasteiger charge is -2.42. The Morgan fingerprint density at radius 2 is 1.47 bits per heavy atom. The van der Waals surface area contributed by atoms with Crippen molar-refractivity contribution in [1.82, 2.24) is 5.32 Å². The van der Waals surface area contributed by atoms with Crippen molar-refractivity contribution in [3.05, 3.63) is 96.1 Å². The predicted octanol–water partition coefficient (Wildman–Crippen LogP) is 3.88. The van der Waals surface area contributed by atoms with Crippen molar-refractivity contribution in [1.29, 1.82) is 0 Å². The summed E-state index contributed by atoms with van der Waals surface area (Å²) in [6.45, 7) is 0.0910. The number of anilines is 1. The van der Waals surface area contributed by atoms with E-state index in [2.05, 4.69) is 22.2 Å². The van der Waals surface area contributed by atoms with Crippen LogP contribution < -0.4 is 10.0 Å². The van der Waals surface area contributed by atoms with E-state index in [1.165, 1.54) is 29.8 Å². The third-order valence-corrected chi connectivity index (χ3v) is 7.48. The van der Waals surface area contributed by atoms with E-state index in [0.29, 0.717) is 12.2 Å². The van der Waals surface area contributed by atoms with Crippen molar-refractivity contribution < 1.29 is 22.7 Å². The van der Waals surface area contributed by atoms with Gasteiger partial charge in [0.05, 0.1) is 10.5 Å². The van der Waals surface area contributed by atoms with E-state index < -0.39 is 22.6 Å². The van der Waals surface area contributed by atoms with Crippen LogP contribution in [0.5, 0.6) is 0 Å². The molecule has 0 unspecified atom stereocenters. The third kappa shape index (κ3) is 5.46. The minimum atomic E-state index is -3.79. The molecule has 0 aromatic heterocycles. The molecule has 3 aromatic carbocycles. The molecule has 0 spiro atoms. The highest BCUT2D eigenvalue weighted by Crippen LogP contribution is 2.43. The highest BCUT2D eigenvalue weighted by atomic mass is 32.2. The smallest absolute Gasteiger partial charge is 0.338 e. The third-order valence-electron chi connectivity index (χ3n) is 6.08. The molecule has 34 heavy (non-hydrogen) atoms. The first kappa shape index (κ1) is 23.5. The first-order valence-corrected chi connectivity index (χ1v) is 12.5. The van der Waals surface area contributed by atoms with E-state index in [1.54, 1.807) is 30.3 Å². The first-order valence-electron chi connectivity index (χ1n) is 11.1. The molecule has 0 heterocycles. The van der Waals surface area contributed by atoms with Crippen molar-refractivity contribution in [2.24, 2.45) is 0 Å². The molecule has 3 aromatic rings. The van der Waals surface area contributed by atoms with E-state index in [9.17, 15) is 18.0 Å². The Balaban J connectivity index is 1.29. The van der Waals surface area contributed by atoms with Gasteiger partial charge in [0.1, 0.15) is 0 Å². The van der Waals surface area contributed by atoms with Crippen LogP contribution in [-0.2, 0) is 25.0 Å². The molecule has 1 aliphatic rings. The van der Waals surface area contributed by atoms with Crippen LogP contribution in [0.25, 0.3) is 0 Å². The maximum Gasteiger partial charge on any atom is 0.338 e. The number of benzene rings is 3. The van der Waals surface area contributed by atoms with Gasteiger partial charge in [0.2, 0.25) is 0 Å². The summed E-state index contributed by atoms with van der Waals surface area (Å²) in [6, 6.07) is 24.0. The van der Waals surface area contributed by atoms with Crippen LogP contribution in [0.3, 0.4) is 0 Å². The Morgan fingerprint density at radius 1 is 0.853 bits per heavy atom. The number of carbonyl (C=O) groups is 2. The number of hydrogen-bond acceptors (Lipinski definition) is 5. The van der Waals surface area contributed by atoms with Gasteiger partial charge in [-0.25, -0.2) is 13.2 Å². The number of nitrogens with one attached hydrogen (secondary N) is 2. The van der Waals surface area contributed by atoms with Gasteiger partial charge in [-0.05, 0) is 54.8 Å². The maximum atomic E-state index is 12.5. The van der Waals surface area contributed by atoms with E-state index in [4.69, 9.17) is 4.74 Å². The minimum absolute atomic E-state index is 0.0114. The van der Waals surface area contributed by atoms with E-state index in [-0.39, 0.29) is 21.8 Å². The lowest BCUT2D eigenvalue weighted by molar-refractivity contribution is -0.124. The topological polar surface area (TPSA) is 102 Å². The molecule has 0 saturated heterocycles. The zero-order valence-electron chi connectivity index (χ0n) is 18.6. The van der Waals surface area contributed by atoms with Crippen LogP contribution in [-0.4, -0.2) is 33.4 Å². The fourth-order valence-corrected chi connectivity index (χ4v) is 5.05. The van der Waals surface area contributed by atoms with E-state index >= 15 is 0 Å². The number of sulfonamides is 1. The Labute approximate surface area is 199 Å². The molecule has 8 heteroatoms. The second kappa shape index (κ2) is 10.1. The predicted molar refractivity (Wildman–Crippen MR) is 129 cm³/mol. The summed E-state index contributed by atoms with van der Waals surface area (Å²) in [7, 11) is -3.79. The van der Waals surface area contributed by atoms with Gasteiger partial charge in [0.15, 0.2) is 6.61 Å². The fourth-order valence-electron chi connectivity index (χ4n) is 3.99. The molecular formula is C26H26N2O5S. The van der Waals surface area contributed by atoms with Crippen molar-refractivity contribution in [2.45, 2.75) is 29.6 Å². The van der Waals surface area contributed by atoms with Crippen molar-refractivity contribution in [3.63, 3.8) is 0 Å². The van der Waals surface area contributed by atoms with Crippen LogP contribution in [0, 0.1) is 0 Å². The molecule has 1 saturated carbocycles. The number of rotatable bonds is 9. The molecule has 0 atom stereocenters. The molecule has 0 radical (unpaired) electrons. The molecular weight excluding hydrogens is 452 g/mol. The number of ether oxygens (including phenoxy) is 1. The number of hydrogen-bond donors (Lipinski definition) is 2. The average Bonchev–Trinajstić information content (AvgIpc) is 2.83. The first-order chi connectivity index (χ1) is 16.4. The lowest BCUT2D eigenvalue weighted by Crippen LogP contribution is -2.46. The van der Waals surface area contributed by atoms with Gasteiger partial charge in [0, 0.05) is 17.6 Å². The molecule has 7 nitrogen and oxygen atoms in total. The van der Waals surface area contributed by atoms with Crippen molar-refractivity contribution >= 4 is 27.6 Å². The van der Waals surface area contributed by atoms with Crippen LogP contribution in [0.4, 0.5) is 5.69 Å². The molecule has 1 aliphatic carbocycles. The number of amides is 1. The summed E-state index contributed by atoms with van der Waals surface area (Å²) in [4.78, 5) is 24.6. The highest BCUT2D eigenvalue weighted by molar-refractivity contribution is 7.92. The Kier molecular flexibility index (Phi) is 6.98. The summed E-state index contributed by atoms with van der Waals surface area (Å²) in [5, 5.41) is 2.88. The molecule has 0 aliphatic heterocycles. The summed E-state index contributed by atoms with van der Waals surface area (Å²) in [5.41, 5.74) is 1.74. The Bertz CT molecular complexity index is 1240. The normalized spacial score (nSPS) is 14.5. The van der Waals surface area contributed by atoms with Gasteiger partial charge in [0.25, 0.3) is 15.9 Å². The monoisotopic (exact) mass is 478 g/mol. The number of para-hydroxylation sites is 1. The summed E-state index contributed by atoms with van der Waals surface area (Å²) in [6.07, 6.45) is 3.13. The maximum absolute atomic E-state index is 12.5. The second-order valence-corrected chi connectivity index (χ2v) is 10.0. The molecule has 0 bridgehead atoms. The SMILES string of the molecule is O=C(COC(=O)c1ccc(S(=O)(=O)Nc2ccccc2)cc1)NCC1(c2ccccc2)CCC1. The zero-order valence-corrected chi connectivity index (χ0v) is 19.4. The summed E-state index contributed by atoms with van der Waals surface area (Å²) < 4.78 is 32.6. The average molecular weight is 479 g/mol. The highest BCUT2D eigenvalue weighted by Gasteiger charge is 2.38. The zero-order chi connectivity index (χ0) is 24.0. The van der Waals surface area contributed by atoms with Crippen LogP contribution in [0.1, 0.15) is 35.2 Å². The van der Waals surface area contributed by atoms with E-state index in [1.807, 2.05) is 18.2 Å². The van der Waals surface area contributed by atoms with Gasteiger partial charge in [-0.15, -0.1) is 0 Å². The standard InChI is InChI=1S/C26H26N2O5S/c29-24(27-19-26(16-7-17-26)21-8-3-1-4-9-21)18-33-25(30)20-12-14-23(15-13-20)34(31,32)28-22-10-5-2-6-11-22/h1-6,8-15,28H,7,16-19H2,(H,27,29). The molecule has 1 fully saturated rings. The van der Waals surface area contributed by atoms with Gasteiger partial charge < -0.3 is 10.1 Å². The fraction of sp³-hybridized carbons (Fsp3) is 0.231. The molecule has 2 N–H and O–H groups in total. The summed E-state index contributed by atoms with van der Waals surface area (Å²) >= 11 is 0. The van der Waals surface area contributed by atoms with Gasteiger partial charge in [-0.1, -0.05) is 55.0 Å². The molecule has 1 amide bonds. The number of carbonyl (C=O) groups excluding carboxylic acids is 2. The number of esters is 1. The van der Waals surface area contributed by atoms with Crippen molar-refractivity contribution in [3.8, 4) is 0 Å². The summed E-state index contributed by atoms with van der Waals surface area (Å²) in [5.74, 6) is -1.07. The Hall–Kier alpha value is -3.65. The van der Waals surface area contributed by atoms with Crippen LogP contribution in [0.2, 0.25) is 0 Å². The van der Waals surface area contributed by atoms with E-state index in [0.717, 1.165) is 19.3 Å². The van der Waals surface area contributed by atoms with Crippen LogP contribution in [0.15, 0.2) is 89.8 Å². The van der Waals surface area contributed by atoms with Gasteiger partial charge in [-0.3, -0.25) is 9.52 Å². The van der Waals surface area contributed by atoms with Gasteiger partial charge >= 0.3 is 5.97 Å². The van der Waals surface area contributed by atoms with Crippen molar-refractivity contribution in [2.75, 3.05) is 17.9 Å². The lowest BCUT2D eigenvalue weighted by atomic mass is 9.64. The van der Waals surface area contributed by atoms with Crippen LogP contribution >= 0.6 is 0 Å². The van der Waals surface area contributed by atoms with Gasteiger partial charge in [-0.2, -0.15) is 0 Å². The molecule has 4 rings (SSSR count). The second-order valence-electron chi connectivity index (χ2n) is 8.35. The largest absolute Gasteiger partial charge is 0.452 e. The Morgan fingerprint density at radius 3 is 2.06 bits per heavy atom.